The van der Waals surface area contributed by atoms with Gasteiger partial charge in [-0.25, -0.2) is 0 Å². The highest BCUT2D eigenvalue weighted by atomic mass is 16.5. The molecule has 2 fully saturated rings. The highest BCUT2D eigenvalue weighted by Gasteiger charge is 2.54. The van der Waals surface area contributed by atoms with Crippen molar-refractivity contribution in [3.63, 3.8) is 0 Å². The monoisotopic (exact) mass is 243 g/mol. The summed E-state index contributed by atoms with van der Waals surface area (Å²) in [6.07, 6.45) is 2.45. The molecule has 1 unspecified atom stereocenters. The van der Waals surface area contributed by atoms with Gasteiger partial charge in [0.1, 0.15) is 0 Å². The van der Waals surface area contributed by atoms with Gasteiger partial charge in [-0.2, -0.15) is 0 Å². The zero-order chi connectivity index (χ0) is 12.2. The summed E-state index contributed by atoms with van der Waals surface area (Å²) in [4.78, 5) is 0. The Labute approximate surface area is 109 Å². The SMILES string of the molecule is CC1c2ccccc2[C@]23CCN[C@H]1[C@@H]2CCOC3. The summed E-state index contributed by atoms with van der Waals surface area (Å²) in [5.74, 6) is 1.41. The minimum atomic E-state index is 0.303. The van der Waals surface area contributed by atoms with Crippen molar-refractivity contribution in [1.29, 1.82) is 0 Å². The molecule has 4 rings (SSSR count). The number of piperidine rings is 1. The van der Waals surface area contributed by atoms with Crippen LogP contribution in [-0.2, 0) is 10.2 Å². The van der Waals surface area contributed by atoms with E-state index in [0.717, 1.165) is 25.7 Å². The molecule has 2 nitrogen and oxygen atoms in total. The molecule has 2 heteroatoms. The van der Waals surface area contributed by atoms with Crippen molar-refractivity contribution < 1.29 is 4.74 Å². The van der Waals surface area contributed by atoms with E-state index in [1.807, 2.05) is 0 Å². The van der Waals surface area contributed by atoms with E-state index in [9.17, 15) is 0 Å². The molecule has 3 aliphatic rings. The quantitative estimate of drug-likeness (QED) is 0.755. The maximum atomic E-state index is 5.88. The third-order valence-corrected chi connectivity index (χ3v) is 5.55. The summed E-state index contributed by atoms with van der Waals surface area (Å²) >= 11 is 0. The van der Waals surface area contributed by atoms with Gasteiger partial charge in [0.15, 0.2) is 0 Å². The van der Waals surface area contributed by atoms with Gasteiger partial charge in [-0.05, 0) is 42.3 Å². The van der Waals surface area contributed by atoms with Gasteiger partial charge in [0.25, 0.3) is 0 Å². The first-order chi connectivity index (χ1) is 8.83. The summed E-state index contributed by atoms with van der Waals surface area (Å²) in [6, 6.07) is 9.72. The fourth-order valence-corrected chi connectivity index (χ4v) is 4.71. The Morgan fingerprint density at radius 2 is 2.22 bits per heavy atom. The summed E-state index contributed by atoms with van der Waals surface area (Å²) < 4.78 is 5.88. The Kier molecular flexibility index (Phi) is 2.33. The van der Waals surface area contributed by atoms with Gasteiger partial charge in [-0.1, -0.05) is 31.2 Å². The molecule has 1 N–H and O–H groups in total. The van der Waals surface area contributed by atoms with E-state index in [1.54, 1.807) is 11.1 Å². The third-order valence-electron chi connectivity index (χ3n) is 5.55. The lowest BCUT2D eigenvalue weighted by atomic mass is 9.54. The largest absolute Gasteiger partial charge is 0.381 e. The first kappa shape index (κ1) is 11.0. The van der Waals surface area contributed by atoms with Crippen molar-refractivity contribution in [3.8, 4) is 0 Å². The summed E-state index contributed by atoms with van der Waals surface area (Å²) in [7, 11) is 0. The topological polar surface area (TPSA) is 21.3 Å². The van der Waals surface area contributed by atoms with Crippen molar-refractivity contribution in [3.05, 3.63) is 35.4 Å². The first-order valence-electron chi connectivity index (χ1n) is 7.23. The molecule has 1 aliphatic carbocycles. The van der Waals surface area contributed by atoms with Crippen molar-refractivity contribution in [2.24, 2.45) is 5.92 Å². The number of hydrogen-bond donors (Lipinski definition) is 1. The highest BCUT2D eigenvalue weighted by molar-refractivity contribution is 5.43. The predicted octanol–water partition coefficient (Wildman–Crippen LogP) is 2.44. The van der Waals surface area contributed by atoms with E-state index in [0.29, 0.717) is 17.4 Å². The van der Waals surface area contributed by atoms with Gasteiger partial charge < -0.3 is 10.1 Å². The molecule has 0 saturated carbocycles. The van der Waals surface area contributed by atoms with Gasteiger partial charge in [-0.15, -0.1) is 0 Å². The Bertz CT molecular complexity index is 468. The lowest BCUT2D eigenvalue weighted by Crippen LogP contribution is -2.63. The number of hydrogen-bond acceptors (Lipinski definition) is 2. The summed E-state index contributed by atoms with van der Waals surface area (Å²) in [6.45, 7) is 5.41. The zero-order valence-corrected chi connectivity index (χ0v) is 11.0. The maximum Gasteiger partial charge on any atom is 0.0566 e. The molecule has 2 aliphatic heterocycles. The minimum Gasteiger partial charge on any atom is -0.381 e. The highest BCUT2D eigenvalue weighted by Crippen LogP contribution is 2.53. The van der Waals surface area contributed by atoms with Crippen molar-refractivity contribution in [1.82, 2.24) is 5.32 Å². The second-order valence-electron chi connectivity index (χ2n) is 6.21. The van der Waals surface area contributed by atoms with Gasteiger partial charge in [-0.3, -0.25) is 0 Å². The van der Waals surface area contributed by atoms with Crippen LogP contribution in [0.15, 0.2) is 24.3 Å². The molecule has 0 radical (unpaired) electrons. The Balaban J connectivity index is 1.94. The molecule has 96 valence electrons. The van der Waals surface area contributed by atoms with Crippen LogP contribution in [-0.4, -0.2) is 25.8 Å². The molecule has 2 heterocycles. The normalized spacial score (nSPS) is 41.9. The van der Waals surface area contributed by atoms with Crippen LogP contribution in [0.5, 0.6) is 0 Å². The lowest BCUT2D eigenvalue weighted by molar-refractivity contribution is -0.0482. The number of nitrogens with one attached hydrogen (secondary N) is 1. The second-order valence-corrected chi connectivity index (χ2v) is 6.21. The van der Waals surface area contributed by atoms with E-state index in [2.05, 4.69) is 36.5 Å². The van der Waals surface area contributed by atoms with Gasteiger partial charge >= 0.3 is 0 Å². The molecule has 0 amide bonds. The van der Waals surface area contributed by atoms with Gasteiger partial charge in [0.2, 0.25) is 0 Å². The van der Waals surface area contributed by atoms with Crippen LogP contribution >= 0.6 is 0 Å². The summed E-state index contributed by atoms with van der Waals surface area (Å²) in [5.41, 5.74) is 3.44. The molecule has 0 spiro atoms. The average Bonchev–Trinajstić information content (AvgIpc) is 2.45. The Morgan fingerprint density at radius 1 is 1.33 bits per heavy atom. The number of fused-ring (bicyclic) bond motifs is 1. The van der Waals surface area contributed by atoms with Crippen molar-refractivity contribution in [2.45, 2.75) is 37.1 Å². The molecule has 4 atom stereocenters. The number of ether oxygens (including phenoxy) is 1. The summed E-state index contributed by atoms with van der Waals surface area (Å²) in [5, 5.41) is 3.78. The number of rotatable bonds is 0. The lowest BCUT2D eigenvalue weighted by Gasteiger charge is -2.57. The molecular weight excluding hydrogens is 222 g/mol. The van der Waals surface area contributed by atoms with Crippen molar-refractivity contribution in [2.75, 3.05) is 19.8 Å². The van der Waals surface area contributed by atoms with Crippen molar-refractivity contribution >= 4 is 0 Å². The second kappa shape index (κ2) is 3.82. The zero-order valence-electron chi connectivity index (χ0n) is 11.0. The van der Waals surface area contributed by atoms with Gasteiger partial charge in [0.05, 0.1) is 6.61 Å². The van der Waals surface area contributed by atoms with E-state index in [-0.39, 0.29) is 0 Å². The van der Waals surface area contributed by atoms with Crippen LogP contribution < -0.4 is 5.32 Å². The fourth-order valence-electron chi connectivity index (χ4n) is 4.71. The standard InChI is InChI=1S/C16H21NO/c1-11-12-4-2-3-5-13(12)16-7-8-17-15(11)14(16)6-9-18-10-16/h2-5,11,14-15,17H,6-10H2,1H3/t11?,14-,15+,16+/m0/s1. The minimum absolute atomic E-state index is 0.303. The van der Waals surface area contributed by atoms with Crippen LogP contribution in [0, 0.1) is 5.92 Å². The number of benzene rings is 1. The van der Waals surface area contributed by atoms with E-state index in [4.69, 9.17) is 4.74 Å². The smallest absolute Gasteiger partial charge is 0.0566 e. The Hall–Kier alpha value is -0.860. The molecule has 18 heavy (non-hydrogen) atoms. The van der Waals surface area contributed by atoms with Crippen LogP contribution in [0.3, 0.4) is 0 Å². The van der Waals surface area contributed by atoms with Crippen LogP contribution in [0.1, 0.15) is 36.8 Å². The molecular formula is C16H21NO. The van der Waals surface area contributed by atoms with Gasteiger partial charge in [0, 0.05) is 18.1 Å². The van der Waals surface area contributed by atoms with E-state index in [1.165, 1.54) is 12.8 Å². The molecule has 2 bridgehead atoms. The molecule has 1 aromatic rings. The Morgan fingerprint density at radius 3 is 3.17 bits per heavy atom. The van der Waals surface area contributed by atoms with Crippen LogP contribution in [0.25, 0.3) is 0 Å². The van der Waals surface area contributed by atoms with E-state index < -0.39 is 0 Å². The van der Waals surface area contributed by atoms with E-state index >= 15 is 0 Å². The predicted molar refractivity (Wildman–Crippen MR) is 71.9 cm³/mol. The first-order valence-corrected chi connectivity index (χ1v) is 7.23. The van der Waals surface area contributed by atoms with Crippen LogP contribution in [0.2, 0.25) is 0 Å². The molecule has 0 aromatic heterocycles. The third kappa shape index (κ3) is 1.25. The van der Waals surface area contributed by atoms with Crippen LogP contribution in [0.4, 0.5) is 0 Å². The molecule has 2 saturated heterocycles. The fraction of sp³-hybridized carbons (Fsp3) is 0.625. The maximum absolute atomic E-state index is 5.88. The average molecular weight is 243 g/mol. The molecule has 1 aromatic carbocycles.